The molecule has 0 aliphatic rings. The highest BCUT2D eigenvalue weighted by Crippen LogP contribution is 2.12. The number of rotatable bonds is 4. The zero-order chi connectivity index (χ0) is 13.0. The van der Waals surface area contributed by atoms with Crippen molar-refractivity contribution in [2.24, 2.45) is 0 Å². The Balaban J connectivity index is 2.12. The Kier molecular flexibility index (Phi) is 3.43. The molecular weight excluding hydrogens is 232 g/mol. The average molecular weight is 243 g/mol. The van der Waals surface area contributed by atoms with Crippen LogP contribution in [0.1, 0.15) is 10.4 Å². The van der Waals surface area contributed by atoms with Crippen molar-refractivity contribution in [3.05, 3.63) is 70.5 Å². The van der Waals surface area contributed by atoms with Crippen LogP contribution in [0.5, 0.6) is 0 Å². The summed E-state index contributed by atoms with van der Waals surface area (Å²) < 4.78 is 1.75. The molecule has 0 aliphatic carbocycles. The first-order valence-electron chi connectivity index (χ1n) is 5.38. The van der Waals surface area contributed by atoms with Crippen LogP contribution in [0.25, 0.3) is 0 Å². The standard InChI is InChI=1S/C13H11N2O3/c16-13(10-14-8-2-1-3-9-14)11-4-6-12(7-5-11)15(17)18/h1-9H,10H2/q+1. The van der Waals surface area contributed by atoms with Gasteiger partial charge in [0.15, 0.2) is 12.4 Å². The van der Waals surface area contributed by atoms with Crippen molar-refractivity contribution in [2.45, 2.75) is 6.54 Å². The molecular formula is C13H11N2O3+. The number of aromatic nitrogens is 1. The molecule has 5 heteroatoms. The van der Waals surface area contributed by atoms with Gasteiger partial charge in [-0.1, -0.05) is 6.07 Å². The molecule has 5 nitrogen and oxygen atoms in total. The molecule has 2 aromatic rings. The average Bonchev–Trinajstić information content (AvgIpc) is 2.40. The largest absolute Gasteiger partial charge is 0.287 e. The number of pyridine rings is 1. The van der Waals surface area contributed by atoms with E-state index in [-0.39, 0.29) is 18.0 Å². The number of non-ortho nitro benzene ring substituents is 1. The summed E-state index contributed by atoms with van der Waals surface area (Å²) in [6.07, 6.45) is 3.59. The fourth-order valence-corrected chi connectivity index (χ4v) is 1.57. The zero-order valence-corrected chi connectivity index (χ0v) is 9.52. The molecule has 18 heavy (non-hydrogen) atoms. The molecule has 0 unspecified atom stereocenters. The van der Waals surface area contributed by atoms with Gasteiger partial charge in [0.1, 0.15) is 0 Å². The van der Waals surface area contributed by atoms with Crippen molar-refractivity contribution in [2.75, 3.05) is 0 Å². The van der Waals surface area contributed by atoms with Crippen molar-refractivity contribution < 1.29 is 14.3 Å². The number of carbonyl (C=O) groups excluding carboxylic acids is 1. The van der Waals surface area contributed by atoms with Crippen LogP contribution in [0, 0.1) is 10.1 Å². The molecule has 0 bridgehead atoms. The van der Waals surface area contributed by atoms with Crippen LogP contribution in [-0.4, -0.2) is 10.7 Å². The highest BCUT2D eigenvalue weighted by atomic mass is 16.6. The second kappa shape index (κ2) is 5.18. The summed E-state index contributed by atoms with van der Waals surface area (Å²) in [5.41, 5.74) is 0.455. The molecule has 0 saturated carbocycles. The summed E-state index contributed by atoms with van der Waals surface area (Å²) in [6, 6.07) is 11.2. The first-order chi connectivity index (χ1) is 8.66. The summed E-state index contributed by atoms with van der Waals surface area (Å²) in [5, 5.41) is 10.5. The van der Waals surface area contributed by atoms with Gasteiger partial charge in [-0.3, -0.25) is 14.9 Å². The lowest BCUT2D eigenvalue weighted by Crippen LogP contribution is -2.36. The van der Waals surface area contributed by atoms with Crippen molar-refractivity contribution >= 4 is 11.5 Å². The van der Waals surface area contributed by atoms with E-state index in [2.05, 4.69) is 0 Å². The Labute approximate surface area is 103 Å². The molecule has 1 aromatic carbocycles. The second-order valence-electron chi connectivity index (χ2n) is 3.77. The van der Waals surface area contributed by atoms with E-state index in [0.717, 1.165) is 0 Å². The molecule has 0 N–H and O–H groups in total. The second-order valence-corrected chi connectivity index (χ2v) is 3.77. The summed E-state index contributed by atoms with van der Waals surface area (Å²) in [6.45, 7) is 0.221. The van der Waals surface area contributed by atoms with Crippen molar-refractivity contribution in [1.29, 1.82) is 0 Å². The number of nitrogens with zero attached hydrogens (tertiary/aromatic N) is 2. The maximum absolute atomic E-state index is 11.9. The monoisotopic (exact) mass is 243 g/mol. The summed E-state index contributed by atoms with van der Waals surface area (Å²) in [7, 11) is 0. The minimum absolute atomic E-state index is 0.0149. The molecule has 2 rings (SSSR count). The Morgan fingerprint density at radius 3 is 2.28 bits per heavy atom. The number of Topliss-reactive ketones (excluding diaryl/α,β-unsaturated/α-hetero) is 1. The van der Waals surface area contributed by atoms with Gasteiger partial charge in [0.25, 0.3) is 5.69 Å². The van der Waals surface area contributed by atoms with Gasteiger partial charge in [0.2, 0.25) is 12.3 Å². The molecule has 1 aromatic heterocycles. The lowest BCUT2D eigenvalue weighted by molar-refractivity contribution is -0.683. The van der Waals surface area contributed by atoms with Crippen molar-refractivity contribution in [1.82, 2.24) is 0 Å². The fourth-order valence-electron chi connectivity index (χ4n) is 1.57. The maximum atomic E-state index is 11.9. The summed E-state index contributed by atoms with van der Waals surface area (Å²) in [4.78, 5) is 21.9. The third-order valence-electron chi connectivity index (χ3n) is 2.50. The van der Waals surface area contributed by atoms with E-state index < -0.39 is 4.92 Å². The van der Waals surface area contributed by atoms with E-state index in [1.165, 1.54) is 24.3 Å². The Bertz CT molecular complexity index is 565. The summed E-state index contributed by atoms with van der Waals surface area (Å²) in [5.74, 6) is -0.0823. The van der Waals surface area contributed by atoms with Crippen LogP contribution in [0.2, 0.25) is 0 Å². The number of benzene rings is 1. The molecule has 90 valence electrons. The molecule has 0 atom stereocenters. The third kappa shape index (κ3) is 2.76. The molecule has 0 amide bonds. The molecule has 0 saturated heterocycles. The number of hydrogen-bond donors (Lipinski definition) is 0. The lowest BCUT2D eigenvalue weighted by Gasteiger charge is -1.98. The van der Waals surface area contributed by atoms with E-state index in [4.69, 9.17) is 0 Å². The van der Waals surface area contributed by atoms with Gasteiger partial charge >= 0.3 is 0 Å². The zero-order valence-electron chi connectivity index (χ0n) is 9.52. The van der Waals surface area contributed by atoms with Crippen molar-refractivity contribution in [3.8, 4) is 0 Å². The fraction of sp³-hybridized carbons (Fsp3) is 0.0769. The molecule has 0 fully saturated rings. The number of hydrogen-bond acceptors (Lipinski definition) is 3. The minimum atomic E-state index is -0.486. The van der Waals surface area contributed by atoms with E-state index in [1.807, 2.05) is 18.2 Å². The van der Waals surface area contributed by atoms with Crippen molar-refractivity contribution in [3.63, 3.8) is 0 Å². The smallest absolute Gasteiger partial charge is 0.269 e. The quantitative estimate of drug-likeness (QED) is 0.356. The van der Waals surface area contributed by atoms with Gasteiger partial charge in [-0.2, -0.15) is 4.57 Å². The van der Waals surface area contributed by atoms with Gasteiger partial charge in [-0.05, 0) is 12.1 Å². The Morgan fingerprint density at radius 2 is 1.72 bits per heavy atom. The van der Waals surface area contributed by atoms with Crippen LogP contribution in [0.3, 0.4) is 0 Å². The van der Waals surface area contributed by atoms with Gasteiger partial charge in [-0.15, -0.1) is 0 Å². The molecule has 0 radical (unpaired) electrons. The topological polar surface area (TPSA) is 64.1 Å². The van der Waals surface area contributed by atoms with Crippen LogP contribution in [0.15, 0.2) is 54.9 Å². The summed E-state index contributed by atoms with van der Waals surface area (Å²) >= 11 is 0. The molecule has 0 aliphatic heterocycles. The third-order valence-corrected chi connectivity index (χ3v) is 2.50. The van der Waals surface area contributed by atoms with Crippen LogP contribution in [-0.2, 0) is 6.54 Å². The van der Waals surface area contributed by atoms with E-state index in [9.17, 15) is 14.9 Å². The van der Waals surface area contributed by atoms with Crippen LogP contribution in [0.4, 0.5) is 5.69 Å². The van der Waals surface area contributed by atoms with Gasteiger partial charge < -0.3 is 0 Å². The maximum Gasteiger partial charge on any atom is 0.269 e. The Hall–Kier alpha value is -2.56. The van der Waals surface area contributed by atoms with Gasteiger partial charge in [0.05, 0.1) is 4.92 Å². The predicted molar refractivity (Wildman–Crippen MR) is 64.1 cm³/mol. The van der Waals surface area contributed by atoms with E-state index in [1.54, 1.807) is 17.0 Å². The first kappa shape index (κ1) is 11.9. The predicted octanol–water partition coefficient (Wildman–Crippen LogP) is 1.77. The Morgan fingerprint density at radius 1 is 1.11 bits per heavy atom. The number of nitro benzene ring substituents is 1. The van der Waals surface area contributed by atoms with E-state index in [0.29, 0.717) is 5.56 Å². The number of carbonyl (C=O) groups is 1. The number of ketones is 1. The van der Waals surface area contributed by atoms with Gasteiger partial charge in [0, 0.05) is 29.8 Å². The molecule has 0 spiro atoms. The van der Waals surface area contributed by atoms with Gasteiger partial charge in [-0.25, -0.2) is 0 Å². The highest BCUT2D eigenvalue weighted by molar-refractivity contribution is 5.95. The number of nitro groups is 1. The van der Waals surface area contributed by atoms with Crippen LogP contribution >= 0.6 is 0 Å². The first-order valence-corrected chi connectivity index (χ1v) is 5.38. The minimum Gasteiger partial charge on any atom is -0.287 e. The molecule has 1 heterocycles. The van der Waals surface area contributed by atoms with Crippen LogP contribution < -0.4 is 4.57 Å². The van der Waals surface area contributed by atoms with E-state index >= 15 is 0 Å². The SMILES string of the molecule is O=C(C[n+]1ccccc1)c1ccc([N+](=O)[O-])cc1. The highest BCUT2D eigenvalue weighted by Gasteiger charge is 2.13. The lowest BCUT2D eigenvalue weighted by atomic mass is 10.1. The normalized spacial score (nSPS) is 10.0.